The van der Waals surface area contributed by atoms with Crippen molar-refractivity contribution in [2.45, 2.75) is 25.7 Å². The Kier molecular flexibility index (Phi) is 4.42. The molecule has 3 nitrogen and oxygen atoms in total. The van der Waals surface area contributed by atoms with Crippen LogP contribution in [-0.4, -0.2) is 24.2 Å². The first kappa shape index (κ1) is 14.3. The van der Waals surface area contributed by atoms with Gasteiger partial charge < -0.3 is 10.4 Å². The van der Waals surface area contributed by atoms with E-state index < -0.39 is 11.7 Å². The molecule has 1 aliphatic carbocycles. The minimum atomic E-state index is -0.703. The molecule has 2 rings (SSSR count). The third kappa shape index (κ3) is 3.07. The van der Waals surface area contributed by atoms with E-state index in [1.807, 2.05) is 0 Å². The highest BCUT2D eigenvalue weighted by Crippen LogP contribution is 2.36. The second-order valence-corrected chi connectivity index (χ2v) is 5.56. The Morgan fingerprint density at radius 2 is 2.11 bits per heavy atom. The number of nitrogens with one attached hydrogen (secondary N) is 1. The van der Waals surface area contributed by atoms with Crippen LogP contribution in [0.4, 0.5) is 4.39 Å². The summed E-state index contributed by atoms with van der Waals surface area (Å²) in [4.78, 5) is 11.9. The molecule has 5 heteroatoms. The lowest BCUT2D eigenvalue weighted by molar-refractivity contribution is 0.0877. The molecule has 1 fully saturated rings. The van der Waals surface area contributed by atoms with Crippen molar-refractivity contribution in [3.8, 4) is 0 Å². The molecule has 1 saturated carbocycles. The summed E-state index contributed by atoms with van der Waals surface area (Å²) in [5.74, 6) is -1.19. The molecule has 104 valence electrons. The lowest BCUT2D eigenvalue weighted by Crippen LogP contribution is -2.38. The molecule has 0 saturated heterocycles. The highest BCUT2D eigenvalue weighted by atomic mass is 35.5. The fourth-order valence-electron chi connectivity index (χ4n) is 2.56. The van der Waals surface area contributed by atoms with Gasteiger partial charge in [0, 0.05) is 12.0 Å². The first-order valence-electron chi connectivity index (χ1n) is 6.41. The van der Waals surface area contributed by atoms with E-state index in [0.29, 0.717) is 6.54 Å². The molecule has 0 radical (unpaired) electrons. The summed E-state index contributed by atoms with van der Waals surface area (Å²) in [7, 11) is 0. The lowest BCUT2D eigenvalue weighted by Gasteiger charge is -2.26. The topological polar surface area (TPSA) is 49.3 Å². The normalized spacial score (nSPS) is 17.4. The molecule has 0 heterocycles. The van der Waals surface area contributed by atoms with E-state index in [1.165, 1.54) is 18.2 Å². The average molecular weight is 286 g/mol. The molecule has 1 aromatic carbocycles. The zero-order chi connectivity index (χ0) is 13.9. The molecule has 0 unspecified atom stereocenters. The van der Waals surface area contributed by atoms with E-state index in [0.717, 1.165) is 25.7 Å². The Labute approximate surface area is 116 Å². The van der Waals surface area contributed by atoms with Crippen LogP contribution >= 0.6 is 11.6 Å². The van der Waals surface area contributed by atoms with E-state index >= 15 is 0 Å². The number of aliphatic hydroxyl groups is 1. The van der Waals surface area contributed by atoms with Crippen LogP contribution in [0.2, 0.25) is 5.02 Å². The predicted molar refractivity (Wildman–Crippen MR) is 71.7 cm³/mol. The number of aliphatic hydroxyl groups excluding tert-OH is 1. The van der Waals surface area contributed by atoms with Crippen molar-refractivity contribution in [3.05, 3.63) is 34.6 Å². The highest BCUT2D eigenvalue weighted by molar-refractivity contribution is 6.31. The molecule has 19 heavy (non-hydrogen) atoms. The molecule has 1 amide bonds. The second-order valence-electron chi connectivity index (χ2n) is 5.15. The summed E-state index contributed by atoms with van der Waals surface area (Å²) in [6, 6.07) is 4.34. The third-order valence-corrected chi connectivity index (χ3v) is 4.11. The van der Waals surface area contributed by atoms with Gasteiger partial charge in [-0.15, -0.1) is 0 Å². The summed E-state index contributed by atoms with van der Waals surface area (Å²) >= 11 is 5.64. The van der Waals surface area contributed by atoms with E-state index in [4.69, 9.17) is 11.6 Å². The monoisotopic (exact) mass is 285 g/mol. The third-order valence-electron chi connectivity index (χ3n) is 3.82. The van der Waals surface area contributed by atoms with Crippen LogP contribution in [-0.2, 0) is 0 Å². The van der Waals surface area contributed by atoms with Gasteiger partial charge in [0.2, 0.25) is 0 Å². The average Bonchev–Trinajstić information content (AvgIpc) is 2.89. The SMILES string of the molecule is O=C(NCC1(CO)CCCC1)c1cccc(Cl)c1F. The van der Waals surface area contributed by atoms with Gasteiger partial charge >= 0.3 is 0 Å². The van der Waals surface area contributed by atoms with Crippen LogP contribution in [0.1, 0.15) is 36.0 Å². The predicted octanol–water partition coefficient (Wildman–Crippen LogP) is 2.76. The standard InChI is InChI=1S/C14H17ClFNO2/c15-11-5-3-4-10(12(11)16)13(19)17-8-14(9-18)6-1-2-7-14/h3-5,18H,1-2,6-9H2,(H,17,19). The molecule has 1 aliphatic rings. The number of hydrogen-bond acceptors (Lipinski definition) is 2. The summed E-state index contributed by atoms with van der Waals surface area (Å²) in [5.41, 5.74) is -0.302. The van der Waals surface area contributed by atoms with Crippen LogP contribution in [0.25, 0.3) is 0 Å². The number of hydrogen-bond donors (Lipinski definition) is 2. The van der Waals surface area contributed by atoms with E-state index in [1.54, 1.807) is 0 Å². The van der Waals surface area contributed by atoms with Crippen molar-refractivity contribution in [2.24, 2.45) is 5.41 Å². The van der Waals surface area contributed by atoms with Gasteiger partial charge in [0.25, 0.3) is 5.91 Å². The Hall–Kier alpha value is -1.13. The first-order chi connectivity index (χ1) is 9.08. The molecular formula is C14H17ClFNO2. The Bertz CT molecular complexity index is 473. The highest BCUT2D eigenvalue weighted by Gasteiger charge is 2.33. The number of benzene rings is 1. The van der Waals surface area contributed by atoms with Crippen molar-refractivity contribution in [3.63, 3.8) is 0 Å². The first-order valence-corrected chi connectivity index (χ1v) is 6.79. The zero-order valence-corrected chi connectivity index (χ0v) is 11.3. The summed E-state index contributed by atoms with van der Waals surface area (Å²) in [5, 5.41) is 12.1. The molecule has 0 atom stereocenters. The molecule has 2 N–H and O–H groups in total. The van der Waals surface area contributed by atoms with Crippen LogP contribution in [0, 0.1) is 11.2 Å². The number of rotatable bonds is 4. The summed E-state index contributed by atoms with van der Waals surface area (Å²) in [6.45, 7) is 0.416. The maximum Gasteiger partial charge on any atom is 0.254 e. The minimum Gasteiger partial charge on any atom is -0.396 e. The fourth-order valence-corrected chi connectivity index (χ4v) is 2.73. The van der Waals surface area contributed by atoms with Gasteiger partial charge in [0.05, 0.1) is 17.2 Å². The van der Waals surface area contributed by atoms with Crippen LogP contribution in [0.3, 0.4) is 0 Å². The Morgan fingerprint density at radius 3 is 2.74 bits per heavy atom. The Morgan fingerprint density at radius 1 is 1.42 bits per heavy atom. The van der Waals surface area contributed by atoms with Crippen molar-refractivity contribution in [1.82, 2.24) is 5.32 Å². The number of carbonyl (C=O) groups excluding carboxylic acids is 1. The van der Waals surface area contributed by atoms with E-state index in [9.17, 15) is 14.3 Å². The smallest absolute Gasteiger partial charge is 0.254 e. The van der Waals surface area contributed by atoms with Gasteiger partial charge in [-0.1, -0.05) is 30.5 Å². The fraction of sp³-hybridized carbons (Fsp3) is 0.500. The minimum absolute atomic E-state index is 0.0469. The van der Waals surface area contributed by atoms with Gasteiger partial charge in [-0.3, -0.25) is 4.79 Å². The summed E-state index contributed by atoms with van der Waals surface area (Å²) < 4.78 is 13.7. The van der Waals surface area contributed by atoms with Crippen LogP contribution in [0.15, 0.2) is 18.2 Å². The second kappa shape index (κ2) is 5.88. The van der Waals surface area contributed by atoms with E-state index in [2.05, 4.69) is 5.32 Å². The molecule has 0 aliphatic heterocycles. The molecule has 0 aromatic heterocycles. The number of halogens is 2. The lowest BCUT2D eigenvalue weighted by atomic mass is 9.87. The van der Waals surface area contributed by atoms with E-state index in [-0.39, 0.29) is 22.6 Å². The number of amides is 1. The molecular weight excluding hydrogens is 269 g/mol. The van der Waals surface area contributed by atoms with Crippen molar-refractivity contribution in [1.29, 1.82) is 0 Å². The van der Waals surface area contributed by atoms with Gasteiger partial charge in [0.1, 0.15) is 0 Å². The maximum atomic E-state index is 13.7. The zero-order valence-electron chi connectivity index (χ0n) is 10.6. The molecule has 1 aromatic rings. The van der Waals surface area contributed by atoms with Gasteiger partial charge in [-0.2, -0.15) is 0 Å². The Balaban J connectivity index is 2.03. The van der Waals surface area contributed by atoms with Crippen molar-refractivity contribution in [2.75, 3.05) is 13.2 Å². The van der Waals surface area contributed by atoms with Gasteiger partial charge in [0.15, 0.2) is 5.82 Å². The maximum absolute atomic E-state index is 13.7. The largest absolute Gasteiger partial charge is 0.396 e. The van der Waals surface area contributed by atoms with Crippen LogP contribution < -0.4 is 5.32 Å². The summed E-state index contributed by atoms with van der Waals surface area (Å²) in [6.07, 6.45) is 3.90. The van der Waals surface area contributed by atoms with Gasteiger partial charge in [-0.05, 0) is 25.0 Å². The quantitative estimate of drug-likeness (QED) is 0.894. The van der Waals surface area contributed by atoms with Crippen molar-refractivity contribution >= 4 is 17.5 Å². The van der Waals surface area contributed by atoms with Gasteiger partial charge in [-0.25, -0.2) is 4.39 Å². The number of carbonyl (C=O) groups is 1. The molecule has 0 spiro atoms. The van der Waals surface area contributed by atoms with Crippen LogP contribution in [0.5, 0.6) is 0 Å². The molecule has 0 bridgehead atoms. The van der Waals surface area contributed by atoms with Crippen molar-refractivity contribution < 1.29 is 14.3 Å².